The summed E-state index contributed by atoms with van der Waals surface area (Å²) in [5.41, 5.74) is 1.65. The Balaban J connectivity index is 1.79. The second kappa shape index (κ2) is 10.6. The van der Waals surface area contributed by atoms with E-state index in [1.54, 1.807) is 18.3 Å². The number of benzene rings is 1. The Bertz CT molecular complexity index is 684. The van der Waals surface area contributed by atoms with Gasteiger partial charge >= 0.3 is 6.18 Å². The van der Waals surface area contributed by atoms with Crippen molar-refractivity contribution in [3.05, 3.63) is 53.9 Å². The van der Waals surface area contributed by atoms with E-state index in [1.807, 2.05) is 36.0 Å². The predicted molar refractivity (Wildman–Crippen MR) is 97.2 cm³/mol. The van der Waals surface area contributed by atoms with Crippen LogP contribution in [0.2, 0.25) is 0 Å². The Morgan fingerprint density at radius 2 is 1.93 bits per heavy atom. The molecule has 27 heavy (non-hydrogen) atoms. The summed E-state index contributed by atoms with van der Waals surface area (Å²) in [4.78, 5) is 4.51. The first kappa shape index (κ1) is 20.8. The van der Waals surface area contributed by atoms with Gasteiger partial charge in [-0.05, 0) is 24.1 Å². The lowest BCUT2D eigenvalue weighted by Crippen LogP contribution is -2.38. The van der Waals surface area contributed by atoms with Crippen LogP contribution in [0.5, 0.6) is 0 Å². The maximum absolute atomic E-state index is 12.1. The highest BCUT2D eigenvalue weighted by Crippen LogP contribution is 2.16. The topological polar surface area (TPSA) is 63.5 Å². The van der Waals surface area contributed by atoms with Crippen LogP contribution in [0.15, 0.2) is 47.7 Å². The van der Waals surface area contributed by atoms with Gasteiger partial charge in [0.15, 0.2) is 5.96 Å². The summed E-state index contributed by atoms with van der Waals surface area (Å²) in [6.07, 6.45) is -0.676. The van der Waals surface area contributed by atoms with E-state index in [2.05, 4.69) is 25.5 Å². The number of hydrogen-bond donors (Lipinski definition) is 2. The molecule has 6 nitrogen and oxygen atoms in total. The van der Waals surface area contributed by atoms with Gasteiger partial charge in [0.1, 0.15) is 6.61 Å². The number of halogens is 3. The molecule has 0 aliphatic rings. The summed E-state index contributed by atoms with van der Waals surface area (Å²) in [5, 5.41) is 10.5. The van der Waals surface area contributed by atoms with Gasteiger partial charge in [0.25, 0.3) is 0 Å². The Hall–Kier alpha value is -2.55. The van der Waals surface area contributed by atoms with Gasteiger partial charge in [-0.3, -0.25) is 4.68 Å². The summed E-state index contributed by atoms with van der Waals surface area (Å²) in [7, 11) is 0. The van der Waals surface area contributed by atoms with Crippen molar-refractivity contribution in [2.45, 2.75) is 32.8 Å². The predicted octanol–water partition coefficient (Wildman–Crippen LogP) is 2.72. The summed E-state index contributed by atoms with van der Waals surface area (Å²) in [5.74, 6) is 0.697. The molecule has 0 fully saturated rings. The van der Waals surface area contributed by atoms with E-state index in [1.165, 1.54) is 0 Å². The Morgan fingerprint density at radius 3 is 2.56 bits per heavy atom. The first-order chi connectivity index (χ1) is 13.0. The lowest BCUT2D eigenvalue weighted by atomic mass is 10.1. The molecule has 0 atom stereocenters. The zero-order valence-corrected chi connectivity index (χ0v) is 15.2. The van der Waals surface area contributed by atoms with E-state index in [9.17, 15) is 13.2 Å². The zero-order valence-electron chi connectivity index (χ0n) is 15.2. The second-order valence-electron chi connectivity index (χ2n) is 5.82. The molecule has 0 aliphatic heterocycles. The lowest BCUT2D eigenvalue weighted by Gasteiger charge is -2.11. The minimum atomic E-state index is -4.30. The molecule has 0 unspecified atom stereocenters. The summed E-state index contributed by atoms with van der Waals surface area (Å²) in [6.45, 7) is 3.29. The first-order valence-electron chi connectivity index (χ1n) is 8.68. The van der Waals surface area contributed by atoms with E-state index >= 15 is 0 Å². The molecule has 0 amide bonds. The van der Waals surface area contributed by atoms with Gasteiger partial charge < -0.3 is 15.4 Å². The molecule has 2 N–H and O–H groups in total. The number of alkyl halides is 3. The van der Waals surface area contributed by atoms with E-state index < -0.39 is 12.8 Å². The molecular weight excluding hydrogens is 359 g/mol. The van der Waals surface area contributed by atoms with Crippen molar-refractivity contribution < 1.29 is 17.9 Å². The molecule has 0 aliphatic carbocycles. The smallest absolute Gasteiger partial charge is 0.367 e. The standard InChI is InChI=1S/C18H24F3N5O/c1-2-22-17(23-9-11-26-10-3-8-25-26)24-12-15-4-6-16(7-5-15)13-27-14-18(19,20)21/h3-8,10H,2,9,11-14H2,1H3,(H2,22,23,24). The molecule has 0 bridgehead atoms. The molecule has 0 spiro atoms. The van der Waals surface area contributed by atoms with Crippen LogP contribution in [-0.4, -0.2) is 41.6 Å². The van der Waals surface area contributed by atoms with Crippen molar-refractivity contribution in [2.75, 3.05) is 19.7 Å². The fraction of sp³-hybridized carbons (Fsp3) is 0.444. The van der Waals surface area contributed by atoms with Gasteiger partial charge in [-0.25, -0.2) is 4.99 Å². The van der Waals surface area contributed by atoms with E-state index in [-0.39, 0.29) is 6.61 Å². The van der Waals surface area contributed by atoms with Gasteiger partial charge in [-0.1, -0.05) is 24.3 Å². The molecule has 1 heterocycles. The molecule has 1 aromatic carbocycles. The molecule has 0 saturated heterocycles. The Labute approximate surface area is 156 Å². The number of hydrogen-bond acceptors (Lipinski definition) is 3. The van der Waals surface area contributed by atoms with Crippen LogP contribution in [0.25, 0.3) is 0 Å². The van der Waals surface area contributed by atoms with Crippen molar-refractivity contribution in [3.63, 3.8) is 0 Å². The fourth-order valence-electron chi connectivity index (χ4n) is 2.26. The van der Waals surface area contributed by atoms with Gasteiger partial charge in [0.2, 0.25) is 0 Å². The van der Waals surface area contributed by atoms with E-state index in [0.29, 0.717) is 24.6 Å². The highest BCUT2D eigenvalue weighted by Gasteiger charge is 2.27. The molecular formula is C18H24F3N5O. The molecule has 148 valence electrons. The summed E-state index contributed by atoms with van der Waals surface area (Å²) >= 11 is 0. The Morgan fingerprint density at radius 1 is 1.19 bits per heavy atom. The molecule has 9 heteroatoms. The SMILES string of the molecule is CCNC(=NCc1ccc(COCC(F)(F)F)cc1)NCCn1cccn1. The monoisotopic (exact) mass is 383 g/mol. The van der Waals surface area contributed by atoms with E-state index in [0.717, 1.165) is 18.7 Å². The number of aromatic nitrogens is 2. The number of nitrogens with zero attached hydrogens (tertiary/aromatic N) is 3. The maximum atomic E-state index is 12.1. The third kappa shape index (κ3) is 8.59. The lowest BCUT2D eigenvalue weighted by molar-refractivity contribution is -0.176. The largest absolute Gasteiger partial charge is 0.411 e. The number of nitrogens with one attached hydrogen (secondary N) is 2. The van der Waals surface area contributed by atoms with Crippen molar-refractivity contribution >= 4 is 5.96 Å². The van der Waals surface area contributed by atoms with Crippen LogP contribution in [-0.2, 0) is 24.4 Å². The van der Waals surface area contributed by atoms with Gasteiger partial charge in [-0.2, -0.15) is 18.3 Å². The summed E-state index contributed by atoms with van der Waals surface area (Å²) in [6, 6.07) is 9.04. The third-order valence-corrected chi connectivity index (χ3v) is 3.51. The van der Waals surface area contributed by atoms with Crippen LogP contribution >= 0.6 is 0 Å². The molecule has 0 radical (unpaired) electrons. The quantitative estimate of drug-likeness (QED) is 0.516. The molecule has 2 rings (SSSR count). The zero-order chi connectivity index (χ0) is 19.5. The van der Waals surface area contributed by atoms with Gasteiger partial charge in [0.05, 0.1) is 19.7 Å². The number of ether oxygens (including phenoxy) is 1. The van der Waals surface area contributed by atoms with Gasteiger partial charge in [-0.15, -0.1) is 0 Å². The molecule has 0 saturated carbocycles. The van der Waals surface area contributed by atoms with Crippen LogP contribution < -0.4 is 10.6 Å². The Kier molecular flexibility index (Phi) is 8.12. The summed E-state index contributed by atoms with van der Waals surface area (Å²) < 4.78 is 42.7. The average Bonchev–Trinajstić information content (AvgIpc) is 3.13. The number of rotatable bonds is 9. The van der Waals surface area contributed by atoms with Crippen LogP contribution in [0, 0.1) is 0 Å². The molecule has 2 aromatic rings. The first-order valence-corrected chi connectivity index (χ1v) is 8.68. The van der Waals surface area contributed by atoms with Crippen LogP contribution in [0.1, 0.15) is 18.1 Å². The van der Waals surface area contributed by atoms with Crippen LogP contribution in [0.4, 0.5) is 13.2 Å². The maximum Gasteiger partial charge on any atom is 0.411 e. The van der Waals surface area contributed by atoms with Crippen LogP contribution in [0.3, 0.4) is 0 Å². The highest BCUT2D eigenvalue weighted by atomic mass is 19.4. The fourth-order valence-corrected chi connectivity index (χ4v) is 2.26. The third-order valence-electron chi connectivity index (χ3n) is 3.51. The van der Waals surface area contributed by atoms with Crippen molar-refractivity contribution in [1.29, 1.82) is 0 Å². The number of aliphatic imine (C=N–C) groups is 1. The highest BCUT2D eigenvalue weighted by molar-refractivity contribution is 5.79. The second-order valence-corrected chi connectivity index (χ2v) is 5.82. The minimum Gasteiger partial charge on any atom is -0.367 e. The van der Waals surface area contributed by atoms with Crippen molar-refractivity contribution in [1.82, 2.24) is 20.4 Å². The number of guanidine groups is 1. The minimum absolute atomic E-state index is 0.0688. The normalized spacial score (nSPS) is 12.2. The van der Waals surface area contributed by atoms with E-state index in [4.69, 9.17) is 0 Å². The average molecular weight is 383 g/mol. The van der Waals surface area contributed by atoms with Crippen molar-refractivity contribution in [2.24, 2.45) is 4.99 Å². The molecule has 1 aromatic heterocycles. The van der Waals surface area contributed by atoms with Gasteiger partial charge in [0, 0.05) is 25.5 Å². The van der Waals surface area contributed by atoms with Crippen molar-refractivity contribution in [3.8, 4) is 0 Å².